The van der Waals surface area contributed by atoms with Crippen LogP contribution in [0.15, 0.2) is 66.7 Å². The lowest BCUT2D eigenvalue weighted by molar-refractivity contribution is -0.122. The number of aliphatic hydroxyl groups excluding tert-OH is 1. The number of carbonyl (C=O) groups excluding carboxylic acids is 1. The summed E-state index contributed by atoms with van der Waals surface area (Å²) in [7, 11) is 1.66. The number of hydrogen-bond acceptors (Lipinski definition) is 7. The Bertz CT molecular complexity index is 1280. The molecule has 2 unspecified atom stereocenters. The molecule has 260 valence electrons. The van der Waals surface area contributed by atoms with Gasteiger partial charge >= 0.3 is 0 Å². The molecule has 0 aliphatic rings. The molecule has 0 heterocycles. The van der Waals surface area contributed by atoms with E-state index in [1.807, 2.05) is 18.2 Å². The third-order valence-electron chi connectivity index (χ3n) is 7.58. The molecule has 3 rings (SSSR count). The molecule has 0 bridgehead atoms. The van der Waals surface area contributed by atoms with E-state index in [-0.39, 0.29) is 42.2 Å². The fourth-order valence-corrected chi connectivity index (χ4v) is 4.72. The van der Waals surface area contributed by atoms with Crippen LogP contribution in [0.1, 0.15) is 58.4 Å². The van der Waals surface area contributed by atoms with Crippen molar-refractivity contribution in [3.8, 4) is 16.9 Å². The second-order valence-electron chi connectivity index (χ2n) is 11.5. The number of rotatable bonds is 20. The van der Waals surface area contributed by atoms with Crippen LogP contribution in [-0.4, -0.2) is 63.2 Å². The van der Waals surface area contributed by atoms with Gasteiger partial charge in [0, 0.05) is 63.0 Å². The van der Waals surface area contributed by atoms with Gasteiger partial charge in [0.1, 0.15) is 17.4 Å². The van der Waals surface area contributed by atoms with Crippen LogP contribution in [0.3, 0.4) is 0 Å². The van der Waals surface area contributed by atoms with Crippen LogP contribution in [0.25, 0.3) is 11.1 Å². The van der Waals surface area contributed by atoms with E-state index < -0.39 is 0 Å². The summed E-state index contributed by atoms with van der Waals surface area (Å²) in [6.07, 6.45) is 3.37. The third kappa shape index (κ3) is 15.7. The average Bonchev–Trinajstić information content (AvgIpc) is 3.06. The smallest absolute Gasteiger partial charge is 0.220 e. The number of aliphatic hydroxyl groups is 1. The van der Waals surface area contributed by atoms with Crippen LogP contribution < -0.4 is 21.1 Å². The van der Waals surface area contributed by atoms with Gasteiger partial charge in [-0.15, -0.1) is 0 Å². The van der Waals surface area contributed by atoms with E-state index in [1.54, 1.807) is 38.3 Å². The minimum atomic E-state index is -0.288. The summed E-state index contributed by atoms with van der Waals surface area (Å²) in [4.78, 5) is 12.7. The molecule has 3 aromatic carbocycles. The highest BCUT2D eigenvalue weighted by Gasteiger charge is 2.18. The van der Waals surface area contributed by atoms with E-state index in [1.165, 1.54) is 24.3 Å². The lowest BCUT2D eigenvalue weighted by atomic mass is 9.98. The van der Waals surface area contributed by atoms with E-state index in [4.69, 9.17) is 25.1 Å². The summed E-state index contributed by atoms with van der Waals surface area (Å²) in [5.74, 6) is 0.403. The van der Waals surface area contributed by atoms with Gasteiger partial charge in [-0.25, -0.2) is 8.78 Å². The monoisotopic (exact) mass is 657 g/mol. The van der Waals surface area contributed by atoms with Crippen LogP contribution in [0, 0.1) is 17.6 Å². The molecule has 8 nitrogen and oxygen atoms in total. The Hall–Kier alpha value is -3.57. The number of nitrogens with two attached hydrogens (primary N) is 1. The predicted octanol–water partition coefficient (Wildman–Crippen LogP) is 6.70. The summed E-state index contributed by atoms with van der Waals surface area (Å²) >= 11 is 0. The second-order valence-corrected chi connectivity index (χ2v) is 11.5. The number of methoxy groups -OCH3 is 1. The molecule has 3 atom stereocenters. The van der Waals surface area contributed by atoms with E-state index in [0.717, 1.165) is 35.2 Å². The number of amides is 1. The minimum absolute atomic E-state index is 0.0106. The van der Waals surface area contributed by atoms with Gasteiger partial charge in [0.05, 0.1) is 19.8 Å². The van der Waals surface area contributed by atoms with Crippen molar-refractivity contribution in [3.05, 3.63) is 83.9 Å². The molecule has 10 heteroatoms. The van der Waals surface area contributed by atoms with Gasteiger partial charge in [-0.1, -0.05) is 44.5 Å². The van der Waals surface area contributed by atoms with Gasteiger partial charge in [-0.3, -0.25) is 4.79 Å². The number of ether oxygens (including phenoxy) is 3. The first-order valence-electron chi connectivity index (χ1n) is 16.4. The zero-order valence-electron chi connectivity index (χ0n) is 28.3. The van der Waals surface area contributed by atoms with Gasteiger partial charge in [0.2, 0.25) is 5.91 Å². The zero-order valence-corrected chi connectivity index (χ0v) is 28.3. The highest BCUT2D eigenvalue weighted by molar-refractivity contribution is 5.76. The zero-order chi connectivity index (χ0) is 34.4. The normalized spacial score (nSPS) is 12.8. The fourth-order valence-electron chi connectivity index (χ4n) is 4.72. The van der Waals surface area contributed by atoms with Crippen molar-refractivity contribution in [2.75, 3.05) is 45.4 Å². The predicted molar refractivity (Wildman–Crippen MR) is 184 cm³/mol. The Morgan fingerprint density at radius 1 is 0.957 bits per heavy atom. The quantitative estimate of drug-likeness (QED) is 0.100. The molecular weight excluding hydrogens is 604 g/mol. The number of nitrogens with one attached hydrogen (secondary N) is 2. The van der Waals surface area contributed by atoms with Crippen molar-refractivity contribution in [1.29, 1.82) is 0 Å². The first kappa shape index (κ1) is 39.6. The molecule has 1 amide bonds. The topological polar surface area (TPSA) is 115 Å². The maximum atomic E-state index is 13.5. The Morgan fingerprint density at radius 3 is 2.26 bits per heavy atom. The standard InChI is InChI=1S/C35H47F2N3O4.C2H6O/c1-4-25(2)33(22-39-31-16-14-29(37)15-17-31)40-35(41)8-5-7-30(38)24-43-23-26-9-18-32(27-10-12-28(36)13-11-27)34(21-26)44-20-6-19-42-3;1-2-3/h9-18,21,25,30,33,39H,4-8,19-20,22-24,38H2,1-3H3,(H,40,41);3H,2H2,1H3/t25-,30?,33?;/m0./s1. The first-order chi connectivity index (χ1) is 22.7. The summed E-state index contributed by atoms with van der Waals surface area (Å²) in [6.45, 7) is 8.51. The molecule has 0 aliphatic heterocycles. The van der Waals surface area contributed by atoms with Crippen LogP contribution in [0.4, 0.5) is 14.5 Å². The molecular formula is C37H53F2N3O5. The van der Waals surface area contributed by atoms with E-state index in [9.17, 15) is 13.6 Å². The molecule has 0 saturated carbocycles. The molecule has 0 fully saturated rings. The Labute approximate surface area is 279 Å². The van der Waals surface area contributed by atoms with Crippen LogP contribution >= 0.6 is 0 Å². The Kier molecular flexibility index (Phi) is 19.3. The Morgan fingerprint density at radius 2 is 1.62 bits per heavy atom. The van der Waals surface area contributed by atoms with Crippen LogP contribution in [0.5, 0.6) is 5.75 Å². The van der Waals surface area contributed by atoms with E-state index in [2.05, 4.69) is 24.5 Å². The Balaban J connectivity index is 0.00000246. The molecule has 0 aromatic heterocycles. The maximum Gasteiger partial charge on any atom is 0.220 e. The summed E-state index contributed by atoms with van der Waals surface area (Å²) in [5, 5.41) is 14.0. The number of benzene rings is 3. The summed E-state index contributed by atoms with van der Waals surface area (Å²) in [5.41, 5.74) is 9.79. The van der Waals surface area contributed by atoms with Crippen molar-refractivity contribution < 1.29 is 32.9 Å². The molecule has 0 aliphatic carbocycles. The molecule has 5 N–H and O–H groups in total. The molecule has 3 aromatic rings. The van der Waals surface area contributed by atoms with E-state index in [0.29, 0.717) is 58.0 Å². The summed E-state index contributed by atoms with van der Waals surface area (Å²) < 4.78 is 43.7. The highest BCUT2D eigenvalue weighted by Crippen LogP contribution is 2.32. The third-order valence-corrected chi connectivity index (χ3v) is 7.58. The number of halogens is 2. The lowest BCUT2D eigenvalue weighted by Crippen LogP contribution is -2.44. The molecule has 0 saturated heterocycles. The van der Waals surface area contributed by atoms with Crippen molar-refractivity contribution in [2.24, 2.45) is 11.7 Å². The first-order valence-corrected chi connectivity index (χ1v) is 16.4. The van der Waals surface area contributed by atoms with Crippen LogP contribution in [-0.2, 0) is 20.9 Å². The van der Waals surface area contributed by atoms with Crippen LogP contribution in [0.2, 0.25) is 0 Å². The number of hydrogen-bond donors (Lipinski definition) is 4. The number of anilines is 1. The maximum absolute atomic E-state index is 13.5. The van der Waals surface area contributed by atoms with Gasteiger partial charge in [0.15, 0.2) is 0 Å². The largest absolute Gasteiger partial charge is 0.493 e. The lowest BCUT2D eigenvalue weighted by Gasteiger charge is -2.25. The van der Waals surface area contributed by atoms with Crippen molar-refractivity contribution in [2.45, 2.75) is 71.6 Å². The van der Waals surface area contributed by atoms with Gasteiger partial charge in [-0.05, 0) is 79.3 Å². The number of carbonyl (C=O) groups is 1. The van der Waals surface area contributed by atoms with Gasteiger partial charge in [0.25, 0.3) is 0 Å². The average molecular weight is 658 g/mol. The van der Waals surface area contributed by atoms with Gasteiger partial charge in [-0.2, -0.15) is 0 Å². The second kappa shape index (κ2) is 22.9. The van der Waals surface area contributed by atoms with E-state index >= 15 is 0 Å². The van der Waals surface area contributed by atoms with Crippen molar-refractivity contribution in [3.63, 3.8) is 0 Å². The van der Waals surface area contributed by atoms with Crippen molar-refractivity contribution >= 4 is 11.6 Å². The fraction of sp³-hybridized carbons (Fsp3) is 0.486. The molecule has 0 radical (unpaired) electrons. The van der Waals surface area contributed by atoms with Gasteiger partial charge < -0.3 is 35.7 Å². The highest BCUT2D eigenvalue weighted by atomic mass is 19.1. The SMILES string of the molecule is CCO.CC[C@H](C)C(CNc1ccc(F)cc1)NC(=O)CCCC(N)COCc1ccc(-c2ccc(F)cc2)c(OCCCOC)c1. The molecule has 47 heavy (non-hydrogen) atoms. The summed E-state index contributed by atoms with van der Waals surface area (Å²) in [6, 6.07) is 18.2. The molecule has 0 spiro atoms. The van der Waals surface area contributed by atoms with Crippen molar-refractivity contribution in [1.82, 2.24) is 5.32 Å². The minimum Gasteiger partial charge on any atom is -0.493 e.